The summed E-state index contributed by atoms with van der Waals surface area (Å²) in [7, 11) is 0. The number of hydrogen-bond donors (Lipinski definition) is 2. The normalized spacial score (nSPS) is 30.9. The molecule has 3 fully saturated rings. The van der Waals surface area contributed by atoms with Gasteiger partial charge in [0, 0.05) is 26.2 Å². The van der Waals surface area contributed by atoms with Crippen LogP contribution in [0.2, 0.25) is 0 Å². The summed E-state index contributed by atoms with van der Waals surface area (Å²) < 4.78 is 5.69. The second-order valence-corrected chi connectivity index (χ2v) is 5.94. The summed E-state index contributed by atoms with van der Waals surface area (Å²) in [6.45, 7) is 3.63. The van der Waals surface area contributed by atoms with Gasteiger partial charge in [0.15, 0.2) is 0 Å². The van der Waals surface area contributed by atoms with E-state index in [1.807, 2.05) is 0 Å². The van der Waals surface area contributed by atoms with Crippen molar-refractivity contribution in [3.8, 4) is 0 Å². The van der Waals surface area contributed by atoms with Gasteiger partial charge < -0.3 is 20.3 Å². The Morgan fingerprint density at radius 2 is 2.00 bits per heavy atom. The second-order valence-electron chi connectivity index (χ2n) is 5.94. The Bertz CT molecular complexity index is 376. The largest absolute Gasteiger partial charge is 0.376 e. The molecule has 20 heavy (non-hydrogen) atoms. The molecule has 2 unspecified atom stereocenters. The fourth-order valence-corrected chi connectivity index (χ4v) is 3.08. The van der Waals surface area contributed by atoms with Gasteiger partial charge in [0.1, 0.15) is 0 Å². The number of amides is 2. The van der Waals surface area contributed by atoms with Crippen molar-refractivity contribution in [2.75, 3.05) is 32.8 Å². The highest BCUT2D eigenvalue weighted by Gasteiger charge is 2.42. The molecule has 0 radical (unpaired) electrons. The number of nitrogens with one attached hydrogen (secondary N) is 2. The lowest BCUT2D eigenvalue weighted by atomic mass is 10.1. The highest BCUT2D eigenvalue weighted by atomic mass is 16.5. The molecule has 0 aromatic heterocycles. The van der Waals surface area contributed by atoms with Gasteiger partial charge in [-0.1, -0.05) is 0 Å². The molecule has 0 aromatic rings. The van der Waals surface area contributed by atoms with E-state index in [2.05, 4.69) is 10.6 Å². The minimum Gasteiger partial charge on any atom is -0.376 e. The van der Waals surface area contributed by atoms with Crippen molar-refractivity contribution in [1.29, 1.82) is 0 Å². The molecule has 2 saturated heterocycles. The lowest BCUT2D eigenvalue weighted by molar-refractivity contribution is -0.146. The molecule has 3 rings (SSSR count). The van der Waals surface area contributed by atoms with Crippen molar-refractivity contribution < 1.29 is 14.3 Å². The molecule has 2 atom stereocenters. The molecule has 0 spiro atoms. The Kier molecular flexibility index (Phi) is 4.21. The number of hydrogen-bond acceptors (Lipinski definition) is 4. The van der Waals surface area contributed by atoms with Gasteiger partial charge in [-0.2, -0.15) is 0 Å². The van der Waals surface area contributed by atoms with Crippen molar-refractivity contribution in [3.63, 3.8) is 0 Å². The van der Waals surface area contributed by atoms with Gasteiger partial charge in [-0.3, -0.25) is 9.59 Å². The van der Waals surface area contributed by atoms with Gasteiger partial charge in [0.25, 0.3) is 0 Å². The van der Waals surface area contributed by atoms with Crippen LogP contribution in [-0.2, 0) is 14.3 Å². The number of ether oxygens (including phenoxy) is 1. The van der Waals surface area contributed by atoms with Gasteiger partial charge in [0.05, 0.1) is 12.1 Å². The SMILES string of the molecule is O=C(NC1CCOC1C1CC1)C(=O)N1CCCNCC1. The number of rotatable bonds is 2. The average Bonchev–Trinajstić information content (AvgIpc) is 3.24. The minimum atomic E-state index is -0.465. The summed E-state index contributed by atoms with van der Waals surface area (Å²) in [5.74, 6) is -0.275. The van der Waals surface area contributed by atoms with Crippen LogP contribution in [0.4, 0.5) is 0 Å². The van der Waals surface area contributed by atoms with E-state index >= 15 is 0 Å². The molecule has 112 valence electrons. The third kappa shape index (κ3) is 3.12. The van der Waals surface area contributed by atoms with Crippen molar-refractivity contribution in [2.45, 2.75) is 37.8 Å². The molecule has 3 aliphatic rings. The Balaban J connectivity index is 1.53. The lowest BCUT2D eigenvalue weighted by Crippen LogP contribution is -2.49. The summed E-state index contributed by atoms with van der Waals surface area (Å²) in [5, 5.41) is 6.12. The van der Waals surface area contributed by atoms with Gasteiger partial charge in [-0.05, 0) is 38.1 Å². The van der Waals surface area contributed by atoms with Crippen LogP contribution in [0.3, 0.4) is 0 Å². The van der Waals surface area contributed by atoms with Crippen LogP contribution in [0, 0.1) is 5.92 Å². The summed E-state index contributed by atoms with van der Waals surface area (Å²) >= 11 is 0. The first-order valence-electron chi connectivity index (χ1n) is 7.68. The van der Waals surface area contributed by atoms with E-state index < -0.39 is 11.8 Å². The van der Waals surface area contributed by atoms with Gasteiger partial charge in [0.2, 0.25) is 0 Å². The van der Waals surface area contributed by atoms with Crippen molar-refractivity contribution in [2.24, 2.45) is 5.92 Å². The molecule has 6 nitrogen and oxygen atoms in total. The molecular formula is C14H23N3O3. The minimum absolute atomic E-state index is 0.0176. The molecule has 1 saturated carbocycles. The zero-order chi connectivity index (χ0) is 13.9. The van der Waals surface area contributed by atoms with Crippen LogP contribution in [0.5, 0.6) is 0 Å². The highest BCUT2D eigenvalue weighted by Crippen LogP contribution is 2.38. The van der Waals surface area contributed by atoms with E-state index in [4.69, 9.17) is 4.74 Å². The summed E-state index contributed by atoms with van der Waals surface area (Å²) in [6.07, 6.45) is 4.21. The van der Waals surface area contributed by atoms with E-state index in [9.17, 15) is 9.59 Å². The van der Waals surface area contributed by atoms with Crippen LogP contribution in [0.1, 0.15) is 25.7 Å². The number of carbonyl (C=O) groups excluding carboxylic acids is 2. The molecule has 1 aliphatic carbocycles. The first-order valence-corrected chi connectivity index (χ1v) is 7.68. The zero-order valence-corrected chi connectivity index (χ0v) is 11.8. The molecule has 2 N–H and O–H groups in total. The second kappa shape index (κ2) is 6.10. The van der Waals surface area contributed by atoms with E-state index in [0.29, 0.717) is 25.6 Å². The smallest absolute Gasteiger partial charge is 0.311 e. The molecule has 2 heterocycles. The molecule has 0 bridgehead atoms. The van der Waals surface area contributed by atoms with Crippen LogP contribution in [0.25, 0.3) is 0 Å². The first-order chi connectivity index (χ1) is 9.75. The Morgan fingerprint density at radius 1 is 1.15 bits per heavy atom. The average molecular weight is 281 g/mol. The molecule has 2 amide bonds. The molecular weight excluding hydrogens is 258 g/mol. The maximum Gasteiger partial charge on any atom is 0.311 e. The predicted molar refractivity (Wildman–Crippen MR) is 73.1 cm³/mol. The lowest BCUT2D eigenvalue weighted by Gasteiger charge is -2.23. The topological polar surface area (TPSA) is 70.7 Å². The third-order valence-electron chi connectivity index (χ3n) is 4.36. The van der Waals surface area contributed by atoms with Crippen LogP contribution in [0.15, 0.2) is 0 Å². The monoisotopic (exact) mass is 281 g/mol. The van der Waals surface area contributed by atoms with E-state index in [0.717, 1.165) is 25.9 Å². The fraction of sp³-hybridized carbons (Fsp3) is 0.857. The van der Waals surface area contributed by atoms with Crippen LogP contribution >= 0.6 is 0 Å². The Labute approximate surface area is 119 Å². The van der Waals surface area contributed by atoms with Crippen LogP contribution < -0.4 is 10.6 Å². The standard InChI is InChI=1S/C14H23N3O3/c18-13(14(19)17-7-1-5-15-6-8-17)16-11-4-9-20-12(11)10-2-3-10/h10-12,15H,1-9H2,(H,16,18). The quantitative estimate of drug-likeness (QED) is 0.669. The van der Waals surface area contributed by atoms with E-state index in [1.54, 1.807) is 4.90 Å². The van der Waals surface area contributed by atoms with Crippen molar-refractivity contribution in [1.82, 2.24) is 15.5 Å². The highest BCUT2D eigenvalue weighted by molar-refractivity contribution is 6.35. The van der Waals surface area contributed by atoms with Crippen LogP contribution in [-0.4, -0.2) is 61.6 Å². The summed E-state index contributed by atoms with van der Waals surface area (Å²) in [5.41, 5.74) is 0. The Hall–Kier alpha value is -1.14. The van der Waals surface area contributed by atoms with Crippen molar-refractivity contribution >= 4 is 11.8 Å². The predicted octanol–water partition coefficient (Wildman–Crippen LogP) is -0.508. The number of nitrogens with zero attached hydrogens (tertiary/aromatic N) is 1. The molecule has 6 heteroatoms. The summed E-state index contributed by atoms with van der Waals surface area (Å²) in [6, 6.07) is 0.0176. The van der Waals surface area contributed by atoms with Gasteiger partial charge >= 0.3 is 11.8 Å². The van der Waals surface area contributed by atoms with Gasteiger partial charge in [-0.25, -0.2) is 0 Å². The first kappa shape index (κ1) is 13.8. The summed E-state index contributed by atoms with van der Waals surface area (Å²) in [4.78, 5) is 25.9. The van der Waals surface area contributed by atoms with E-state index in [-0.39, 0.29) is 12.1 Å². The Morgan fingerprint density at radius 3 is 2.80 bits per heavy atom. The van der Waals surface area contributed by atoms with E-state index in [1.165, 1.54) is 12.8 Å². The van der Waals surface area contributed by atoms with Gasteiger partial charge in [-0.15, -0.1) is 0 Å². The zero-order valence-electron chi connectivity index (χ0n) is 11.8. The molecule has 0 aromatic carbocycles. The van der Waals surface area contributed by atoms with Crippen molar-refractivity contribution in [3.05, 3.63) is 0 Å². The maximum atomic E-state index is 12.2. The number of carbonyl (C=O) groups is 2. The maximum absolute atomic E-state index is 12.2. The fourth-order valence-electron chi connectivity index (χ4n) is 3.08. The third-order valence-corrected chi connectivity index (χ3v) is 4.36. The molecule has 2 aliphatic heterocycles.